The van der Waals surface area contributed by atoms with Crippen LogP contribution in [0.2, 0.25) is 0 Å². The fraction of sp³-hybridized carbons (Fsp3) is 0.308. The molecule has 2 heteroatoms. The van der Waals surface area contributed by atoms with Gasteiger partial charge in [0.2, 0.25) is 0 Å². The van der Waals surface area contributed by atoms with E-state index in [1.165, 1.54) is 16.5 Å². The van der Waals surface area contributed by atoms with Gasteiger partial charge in [-0.05, 0) is 29.4 Å². The van der Waals surface area contributed by atoms with E-state index in [2.05, 4.69) is 31.8 Å². The van der Waals surface area contributed by atoms with Crippen LogP contribution in [0.5, 0.6) is 0 Å². The Kier molecular flexibility index (Phi) is 2.35. The number of rotatable bonds is 1. The van der Waals surface area contributed by atoms with Crippen molar-refractivity contribution in [3.8, 4) is 0 Å². The molecule has 78 valence electrons. The lowest BCUT2D eigenvalue weighted by Crippen LogP contribution is -1.98. The van der Waals surface area contributed by atoms with Crippen molar-refractivity contribution in [2.45, 2.75) is 26.7 Å². The van der Waals surface area contributed by atoms with E-state index in [0.29, 0.717) is 11.7 Å². The number of aryl methyl sites for hydroxylation is 1. The third-order valence-electron chi connectivity index (χ3n) is 2.80. The molecule has 0 aliphatic carbocycles. The fourth-order valence-electron chi connectivity index (χ4n) is 1.98. The molecule has 0 aliphatic rings. The van der Waals surface area contributed by atoms with Crippen LogP contribution in [0.15, 0.2) is 24.4 Å². The molecule has 0 saturated carbocycles. The highest BCUT2D eigenvalue weighted by Crippen LogP contribution is 2.29. The van der Waals surface area contributed by atoms with Gasteiger partial charge in [-0.3, -0.25) is 0 Å². The maximum absolute atomic E-state index is 5.88. The zero-order valence-electron chi connectivity index (χ0n) is 9.41. The summed E-state index contributed by atoms with van der Waals surface area (Å²) in [6.45, 7) is 6.48. The summed E-state index contributed by atoms with van der Waals surface area (Å²) >= 11 is 0. The zero-order valence-corrected chi connectivity index (χ0v) is 9.41. The molecule has 0 aliphatic heterocycles. The van der Waals surface area contributed by atoms with Crippen LogP contribution in [-0.4, -0.2) is 4.98 Å². The summed E-state index contributed by atoms with van der Waals surface area (Å²) in [5.41, 5.74) is 8.43. The lowest BCUT2D eigenvalue weighted by molar-refractivity contribution is 0.869. The maximum atomic E-state index is 5.88. The van der Waals surface area contributed by atoms with E-state index < -0.39 is 0 Å². The molecule has 1 aromatic carbocycles. The Labute approximate surface area is 90.1 Å². The molecule has 0 bridgehead atoms. The average molecular weight is 200 g/mol. The fourth-order valence-corrected chi connectivity index (χ4v) is 1.98. The molecule has 0 fully saturated rings. The Hall–Kier alpha value is -1.57. The van der Waals surface area contributed by atoms with Crippen molar-refractivity contribution < 1.29 is 0 Å². The van der Waals surface area contributed by atoms with Crippen LogP contribution < -0.4 is 5.73 Å². The number of hydrogen-bond acceptors (Lipinski definition) is 2. The zero-order chi connectivity index (χ0) is 11.0. The third kappa shape index (κ3) is 1.56. The molecule has 0 spiro atoms. The maximum Gasteiger partial charge on any atom is 0.131 e. The van der Waals surface area contributed by atoms with Gasteiger partial charge in [0.1, 0.15) is 5.82 Å². The van der Waals surface area contributed by atoms with Crippen molar-refractivity contribution >= 4 is 16.6 Å². The second kappa shape index (κ2) is 3.54. The van der Waals surface area contributed by atoms with Gasteiger partial charge >= 0.3 is 0 Å². The number of fused-ring (bicyclic) bond motifs is 1. The lowest BCUT2D eigenvalue weighted by atomic mass is 9.95. The largest absolute Gasteiger partial charge is 0.383 e. The highest BCUT2D eigenvalue weighted by Gasteiger charge is 2.09. The molecular weight excluding hydrogens is 184 g/mol. The highest BCUT2D eigenvalue weighted by molar-refractivity contribution is 5.95. The van der Waals surface area contributed by atoms with E-state index in [-0.39, 0.29) is 0 Å². The van der Waals surface area contributed by atoms with Gasteiger partial charge in [0.25, 0.3) is 0 Å². The molecule has 1 heterocycles. The summed E-state index contributed by atoms with van der Waals surface area (Å²) in [6, 6.07) is 6.18. The first-order chi connectivity index (χ1) is 7.11. The van der Waals surface area contributed by atoms with Crippen molar-refractivity contribution in [2.24, 2.45) is 0 Å². The van der Waals surface area contributed by atoms with E-state index in [4.69, 9.17) is 5.73 Å². The average Bonchev–Trinajstić information content (AvgIpc) is 2.19. The standard InChI is InChI=1S/C13H16N2/c1-8(2)11-7-15-13(14)10-6-4-5-9(3)12(10)11/h4-8H,1-3H3,(H2,14,15). The van der Waals surface area contributed by atoms with Crippen LogP contribution in [0.4, 0.5) is 5.82 Å². The first kappa shape index (κ1) is 9.97. The van der Waals surface area contributed by atoms with Gasteiger partial charge in [0, 0.05) is 11.6 Å². The van der Waals surface area contributed by atoms with Crippen molar-refractivity contribution in [3.63, 3.8) is 0 Å². The summed E-state index contributed by atoms with van der Waals surface area (Å²) < 4.78 is 0. The van der Waals surface area contributed by atoms with Gasteiger partial charge in [-0.15, -0.1) is 0 Å². The Bertz CT molecular complexity index is 501. The molecule has 0 unspecified atom stereocenters. The van der Waals surface area contributed by atoms with Gasteiger partial charge in [0.15, 0.2) is 0 Å². The highest BCUT2D eigenvalue weighted by atomic mass is 14.8. The first-order valence-corrected chi connectivity index (χ1v) is 5.25. The number of anilines is 1. The Morgan fingerprint density at radius 2 is 2.00 bits per heavy atom. The van der Waals surface area contributed by atoms with Crippen molar-refractivity contribution in [3.05, 3.63) is 35.5 Å². The summed E-state index contributed by atoms with van der Waals surface area (Å²) in [5.74, 6) is 1.10. The quantitative estimate of drug-likeness (QED) is 0.767. The molecule has 2 aromatic rings. The number of aromatic nitrogens is 1. The van der Waals surface area contributed by atoms with Crippen LogP contribution in [-0.2, 0) is 0 Å². The topological polar surface area (TPSA) is 38.9 Å². The van der Waals surface area contributed by atoms with Crippen molar-refractivity contribution in [2.75, 3.05) is 5.73 Å². The molecule has 2 N–H and O–H groups in total. The van der Waals surface area contributed by atoms with Crippen LogP contribution in [0.3, 0.4) is 0 Å². The smallest absolute Gasteiger partial charge is 0.131 e. The summed E-state index contributed by atoms with van der Waals surface area (Å²) in [7, 11) is 0. The molecule has 15 heavy (non-hydrogen) atoms. The molecule has 0 atom stereocenters. The molecule has 0 amide bonds. The minimum atomic E-state index is 0.474. The number of pyridine rings is 1. The number of nitrogens with zero attached hydrogens (tertiary/aromatic N) is 1. The SMILES string of the molecule is Cc1cccc2c(N)ncc(C(C)C)c12. The van der Waals surface area contributed by atoms with Crippen molar-refractivity contribution in [1.29, 1.82) is 0 Å². The number of hydrogen-bond donors (Lipinski definition) is 1. The predicted octanol–water partition coefficient (Wildman–Crippen LogP) is 3.25. The molecule has 2 rings (SSSR count). The van der Waals surface area contributed by atoms with Crippen LogP contribution in [0.1, 0.15) is 30.9 Å². The van der Waals surface area contributed by atoms with Gasteiger partial charge in [0.05, 0.1) is 0 Å². The Morgan fingerprint density at radius 3 is 2.67 bits per heavy atom. The summed E-state index contributed by atoms with van der Waals surface area (Å²) in [5, 5.41) is 2.33. The first-order valence-electron chi connectivity index (χ1n) is 5.25. The van der Waals surface area contributed by atoms with E-state index in [0.717, 1.165) is 5.39 Å². The van der Waals surface area contributed by atoms with E-state index in [1.54, 1.807) is 0 Å². The third-order valence-corrected chi connectivity index (χ3v) is 2.80. The molecular formula is C13H16N2. The van der Waals surface area contributed by atoms with Crippen LogP contribution in [0, 0.1) is 6.92 Å². The predicted molar refractivity (Wildman–Crippen MR) is 65.0 cm³/mol. The van der Waals surface area contributed by atoms with Crippen molar-refractivity contribution in [1.82, 2.24) is 4.98 Å². The van der Waals surface area contributed by atoms with Gasteiger partial charge < -0.3 is 5.73 Å². The lowest BCUT2D eigenvalue weighted by Gasteiger charge is -2.12. The number of benzene rings is 1. The normalized spacial score (nSPS) is 11.2. The Morgan fingerprint density at radius 1 is 1.27 bits per heavy atom. The molecule has 0 radical (unpaired) electrons. The number of nitrogen functional groups attached to an aromatic ring is 1. The number of nitrogens with two attached hydrogens (primary N) is 1. The van der Waals surface area contributed by atoms with Gasteiger partial charge in [-0.25, -0.2) is 4.98 Å². The monoisotopic (exact) mass is 200 g/mol. The molecule has 2 nitrogen and oxygen atoms in total. The second-order valence-electron chi connectivity index (χ2n) is 4.25. The second-order valence-corrected chi connectivity index (χ2v) is 4.25. The van der Waals surface area contributed by atoms with E-state index in [9.17, 15) is 0 Å². The van der Waals surface area contributed by atoms with Gasteiger partial charge in [-0.1, -0.05) is 32.0 Å². The molecule has 1 aromatic heterocycles. The summed E-state index contributed by atoms with van der Waals surface area (Å²) in [6.07, 6.45) is 1.90. The molecule has 0 saturated heterocycles. The summed E-state index contributed by atoms with van der Waals surface area (Å²) in [4.78, 5) is 4.25. The van der Waals surface area contributed by atoms with Gasteiger partial charge in [-0.2, -0.15) is 0 Å². The minimum Gasteiger partial charge on any atom is -0.383 e. The Balaban J connectivity index is 2.90. The van der Waals surface area contributed by atoms with Crippen LogP contribution in [0.25, 0.3) is 10.8 Å². The van der Waals surface area contributed by atoms with E-state index in [1.807, 2.05) is 18.3 Å². The minimum absolute atomic E-state index is 0.474. The van der Waals surface area contributed by atoms with E-state index >= 15 is 0 Å². The van der Waals surface area contributed by atoms with Crippen LogP contribution >= 0.6 is 0 Å².